The molecule has 1 unspecified atom stereocenters. The molecule has 0 saturated carbocycles. The van der Waals surface area contributed by atoms with E-state index in [4.69, 9.17) is 9.47 Å². The summed E-state index contributed by atoms with van der Waals surface area (Å²) in [5.41, 5.74) is 2.11. The Bertz CT molecular complexity index is 1930. The van der Waals surface area contributed by atoms with Crippen LogP contribution in [0.5, 0.6) is 5.75 Å². The van der Waals surface area contributed by atoms with E-state index in [1.165, 1.54) is 17.8 Å². The number of piperidine rings is 1. The van der Waals surface area contributed by atoms with Crippen LogP contribution in [0.25, 0.3) is 10.2 Å². The number of hydrogen-bond donors (Lipinski definition) is 4. The smallest absolute Gasteiger partial charge is 0.416 e. The van der Waals surface area contributed by atoms with E-state index in [0.29, 0.717) is 74.0 Å². The molecule has 6 rings (SSSR count). The number of likely N-dealkylation sites (N-methyl/N-ethyl adjacent to an activating group) is 1. The highest BCUT2D eigenvalue weighted by Crippen LogP contribution is 2.35. The topological polar surface area (TPSA) is 143 Å². The van der Waals surface area contributed by atoms with Gasteiger partial charge in [-0.05, 0) is 48.6 Å². The minimum absolute atomic E-state index is 0.0429. The van der Waals surface area contributed by atoms with Gasteiger partial charge in [0.25, 0.3) is 0 Å². The van der Waals surface area contributed by atoms with E-state index in [0.717, 1.165) is 61.5 Å². The summed E-state index contributed by atoms with van der Waals surface area (Å²) in [6, 6.07) is 13.6. The van der Waals surface area contributed by atoms with Gasteiger partial charge in [-0.3, -0.25) is 14.5 Å². The van der Waals surface area contributed by atoms with Gasteiger partial charge in [-0.25, -0.2) is 4.98 Å². The van der Waals surface area contributed by atoms with Crippen LogP contribution in [-0.4, -0.2) is 114 Å². The summed E-state index contributed by atoms with van der Waals surface area (Å²) in [5, 5.41) is 23.8. The molecule has 16 heteroatoms. The van der Waals surface area contributed by atoms with Crippen molar-refractivity contribution in [3.05, 3.63) is 86.6 Å². The first kappa shape index (κ1) is 39.6. The molecule has 2 aromatic heterocycles. The Hall–Kier alpha value is -4.06. The summed E-state index contributed by atoms with van der Waals surface area (Å²) in [6.07, 6.45) is -1.54. The largest absolute Gasteiger partial charge is 0.506 e. The number of anilines is 1. The summed E-state index contributed by atoms with van der Waals surface area (Å²) in [7, 11) is 1.73. The second-order valence-corrected chi connectivity index (χ2v) is 15.0. The van der Waals surface area contributed by atoms with E-state index in [1.54, 1.807) is 18.0 Å². The quantitative estimate of drug-likeness (QED) is 0.129. The highest BCUT2D eigenvalue weighted by atomic mass is 32.1. The average molecular weight is 773 g/mol. The van der Waals surface area contributed by atoms with Gasteiger partial charge in [0, 0.05) is 71.2 Å². The number of phenols is 1. The van der Waals surface area contributed by atoms with Gasteiger partial charge in [0.15, 0.2) is 0 Å². The van der Waals surface area contributed by atoms with Crippen molar-refractivity contribution in [2.75, 3.05) is 77.6 Å². The van der Waals surface area contributed by atoms with Crippen LogP contribution in [0, 0.1) is 0 Å². The number of morpholine rings is 1. The number of phenolic OH excluding ortho intramolecular Hbond substituents is 1. The van der Waals surface area contributed by atoms with Crippen molar-refractivity contribution in [2.24, 2.45) is 0 Å². The predicted molar refractivity (Wildman–Crippen MR) is 200 cm³/mol. The number of nitrogens with one attached hydrogen (secondary N) is 2. The molecule has 4 heterocycles. The molecule has 2 aliphatic heterocycles. The number of fused-ring (bicyclic) bond motifs is 1. The number of carbonyl (C=O) groups is 1. The first-order valence-electron chi connectivity index (χ1n) is 18.2. The number of aromatic nitrogens is 2. The number of aromatic amines is 1. The maximum atomic E-state index is 13.3. The van der Waals surface area contributed by atoms with Gasteiger partial charge in [-0.2, -0.15) is 13.2 Å². The molecule has 1 spiro atoms. The molecular weight excluding hydrogens is 726 g/mol. The van der Waals surface area contributed by atoms with Crippen LogP contribution in [0.4, 0.5) is 19.0 Å². The highest BCUT2D eigenvalue weighted by Gasteiger charge is 2.40. The molecule has 2 fully saturated rings. The van der Waals surface area contributed by atoms with E-state index in [-0.39, 0.29) is 29.5 Å². The SMILES string of the molecule is CN(CCNCC(O)c1ccc(O)c2[nH]c(=O)sc12)C(=O)CCOCCc1cccc(CN2CCC3(CC2)CN(c2cc(C(F)(F)F)ccn2)CCO3)c1. The molecule has 2 aromatic carbocycles. The maximum Gasteiger partial charge on any atom is 0.416 e. The molecule has 12 nitrogen and oxygen atoms in total. The summed E-state index contributed by atoms with van der Waals surface area (Å²) in [4.78, 5) is 36.8. The number of aliphatic hydroxyl groups excluding tert-OH is 1. The fraction of sp³-hybridized carbons (Fsp3) is 0.500. The van der Waals surface area contributed by atoms with Gasteiger partial charge in [0.2, 0.25) is 5.91 Å². The summed E-state index contributed by atoms with van der Waals surface area (Å²) >= 11 is 0.938. The number of carbonyl (C=O) groups excluding carboxylic acids is 1. The standard InChI is InChI=1S/C38H47F3N6O6S/c1-45(16-13-42-23-31(49)29-5-6-30(48)34-35(29)54-36(51)44-34)33(50)9-19-52-18-8-26-3-2-4-27(21-26)24-46-14-10-37(11-15-46)25-47(17-20-53-37)32-22-28(7-12-43-32)38(39,40)41/h2-7,12,21-22,31,42,48-49H,8-11,13-20,23-25H2,1H3,(H,44,51). The van der Waals surface area contributed by atoms with Crippen LogP contribution in [0.15, 0.2) is 59.5 Å². The molecule has 2 saturated heterocycles. The average Bonchev–Trinajstić information content (AvgIpc) is 3.56. The Morgan fingerprint density at radius 1 is 1.15 bits per heavy atom. The minimum Gasteiger partial charge on any atom is -0.506 e. The summed E-state index contributed by atoms with van der Waals surface area (Å²) in [6.45, 7) is 5.82. The number of thiazole rings is 1. The first-order chi connectivity index (χ1) is 25.9. The molecule has 4 N–H and O–H groups in total. The van der Waals surface area contributed by atoms with Gasteiger partial charge >= 0.3 is 11.0 Å². The fourth-order valence-corrected chi connectivity index (χ4v) is 7.95. The van der Waals surface area contributed by atoms with Crippen molar-refractivity contribution in [1.29, 1.82) is 0 Å². The second kappa shape index (κ2) is 17.6. The Kier molecular flexibility index (Phi) is 12.9. The van der Waals surface area contributed by atoms with Gasteiger partial charge in [0.05, 0.1) is 48.2 Å². The first-order valence-corrected chi connectivity index (χ1v) is 19.0. The van der Waals surface area contributed by atoms with Crippen LogP contribution in [0.3, 0.4) is 0 Å². The normalized spacial score (nSPS) is 16.9. The lowest BCUT2D eigenvalue weighted by Crippen LogP contribution is -2.57. The number of nitrogens with zero attached hydrogens (tertiary/aromatic N) is 4. The number of likely N-dealkylation sites (tertiary alicyclic amines) is 1. The van der Waals surface area contributed by atoms with Crippen LogP contribution in [0.1, 0.15) is 47.6 Å². The zero-order valence-corrected chi connectivity index (χ0v) is 31.1. The third-order valence-corrected chi connectivity index (χ3v) is 11.1. The lowest BCUT2D eigenvalue weighted by molar-refractivity contribution is -0.137. The Morgan fingerprint density at radius 2 is 1.94 bits per heavy atom. The van der Waals surface area contributed by atoms with Gasteiger partial charge in [0.1, 0.15) is 17.1 Å². The van der Waals surface area contributed by atoms with E-state index in [9.17, 15) is 33.0 Å². The number of amides is 1. The minimum atomic E-state index is -4.41. The number of rotatable bonds is 15. The molecule has 54 heavy (non-hydrogen) atoms. The third kappa shape index (κ3) is 10.2. The van der Waals surface area contributed by atoms with Crippen LogP contribution in [0.2, 0.25) is 0 Å². The molecule has 1 atom stereocenters. The second-order valence-electron chi connectivity index (χ2n) is 14.0. The zero-order valence-electron chi connectivity index (χ0n) is 30.2. The lowest BCUT2D eigenvalue weighted by atomic mass is 9.89. The van der Waals surface area contributed by atoms with E-state index >= 15 is 0 Å². The maximum absolute atomic E-state index is 13.3. The van der Waals surface area contributed by atoms with Crippen LogP contribution in [-0.2, 0) is 33.4 Å². The third-order valence-electron chi connectivity index (χ3n) is 10.1. The van der Waals surface area contributed by atoms with E-state index < -0.39 is 23.4 Å². The fourth-order valence-electron chi connectivity index (χ4n) is 7.04. The van der Waals surface area contributed by atoms with Crippen molar-refractivity contribution in [2.45, 2.75) is 50.1 Å². The molecule has 1 amide bonds. The van der Waals surface area contributed by atoms with Crippen molar-refractivity contribution in [3.63, 3.8) is 0 Å². The Morgan fingerprint density at radius 3 is 2.74 bits per heavy atom. The number of hydrogen-bond acceptors (Lipinski definition) is 11. The van der Waals surface area contributed by atoms with Crippen molar-refractivity contribution in [1.82, 2.24) is 25.1 Å². The van der Waals surface area contributed by atoms with Gasteiger partial charge < -0.3 is 39.8 Å². The number of aliphatic hydroxyl groups is 1. The number of aromatic hydroxyl groups is 1. The number of pyridine rings is 1. The lowest BCUT2D eigenvalue weighted by Gasteiger charge is -2.47. The van der Waals surface area contributed by atoms with E-state index in [1.807, 2.05) is 11.0 Å². The number of benzene rings is 2. The summed E-state index contributed by atoms with van der Waals surface area (Å²) in [5.74, 6) is 0.248. The molecule has 4 aromatic rings. The molecule has 0 aliphatic carbocycles. The Balaban J connectivity index is 0.860. The van der Waals surface area contributed by atoms with Crippen LogP contribution < -0.4 is 15.1 Å². The van der Waals surface area contributed by atoms with Gasteiger partial charge in [-0.1, -0.05) is 41.7 Å². The predicted octanol–water partition coefficient (Wildman–Crippen LogP) is 4.31. The van der Waals surface area contributed by atoms with Crippen molar-refractivity contribution < 1.29 is 37.7 Å². The number of alkyl halides is 3. The zero-order chi connectivity index (χ0) is 38.3. The highest BCUT2D eigenvalue weighted by molar-refractivity contribution is 7.16. The molecule has 0 bridgehead atoms. The molecule has 0 radical (unpaired) electrons. The Labute approximate surface area is 315 Å². The van der Waals surface area contributed by atoms with Gasteiger partial charge in [-0.15, -0.1) is 0 Å². The number of halogens is 3. The number of ether oxygens (including phenoxy) is 2. The molecule has 2 aliphatic rings. The van der Waals surface area contributed by atoms with Crippen molar-refractivity contribution in [3.8, 4) is 5.75 Å². The monoisotopic (exact) mass is 772 g/mol. The van der Waals surface area contributed by atoms with Crippen LogP contribution >= 0.6 is 11.3 Å². The molecular formula is C38H47F3N6O6S. The van der Waals surface area contributed by atoms with E-state index in [2.05, 4.69) is 38.4 Å². The number of H-pyrrole nitrogens is 1. The summed E-state index contributed by atoms with van der Waals surface area (Å²) < 4.78 is 52.4. The molecule has 292 valence electrons. The van der Waals surface area contributed by atoms with Crippen molar-refractivity contribution >= 4 is 33.3 Å².